The van der Waals surface area contributed by atoms with Crippen LogP contribution in [0.25, 0.3) is 0 Å². The fourth-order valence-corrected chi connectivity index (χ4v) is 2.40. The normalized spacial score (nSPS) is 9.63. The number of hydrogen-bond acceptors (Lipinski definition) is 7. The average molecular weight is 380 g/mol. The first kappa shape index (κ1) is 24.4. The van der Waals surface area contributed by atoms with Gasteiger partial charge in [-0.05, 0) is 31.3 Å². The van der Waals surface area contributed by atoms with E-state index in [0.717, 1.165) is 19.5 Å². The van der Waals surface area contributed by atoms with Crippen LogP contribution in [-0.2, 0) is 4.74 Å². The molecule has 8 nitrogen and oxygen atoms in total. The Morgan fingerprint density at radius 1 is 1.33 bits per heavy atom. The molecule has 152 valence electrons. The van der Waals surface area contributed by atoms with Crippen LogP contribution in [0.15, 0.2) is 31.0 Å². The molecule has 1 rings (SSSR count). The second-order valence-electron chi connectivity index (χ2n) is 5.30. The van der Waals surface area contributed by atoms with Crippen LogP contribution in [0.3, 0.4) is 0 Å². The van der Waals surface area contributed by atoms with Crippen LogP contribution in [-0.4, -0.2) is 50.7 Å². The molecular weight excluding hydrogens is 348 g/mol. The number of hydrogen-bond donors (Lipinski definition) is 2. The number of benzene rings is 1. The molecule has 0 saturated heterocycles. The van der Waals surface area contributed by atoms with Gasteiger partial charge in [-0.3, -0.25) is 10.1 Å². The first-order valence-corrected chi connectivity index (χ1v) is 9.21. The number of nitro groups is 1. The van der Waals surface area contributed by atoms with Crippen molar-refractivity contribution in [2.45, 2.75) is 27.2 Å². The van der Waals surface area contributed by atoms with E-state index in [4.69, 9.17) is 0 Å². The second-order valence-corrected chi connectivity index (χ2v) is 5.30. The van der Waals surface area contributed by atoms with E-state index in [1.54, 1.807) is 18.3 Å². The van der Waals surface area contributed by atoms with Crippen molar-refractivity contribution >= 4 is 17.3 Å². The lowest BCUT2D eigenvalue weighted by Gasteiger charge is -2.25. The monoisotopic (exact) mass is 380 g/mol. The van der Waals surface area contributed by atoms with Gasteiger partial charge in [-0.15, -0.1) is 0 Å². The van der Waals surface area contributed by atoms with Gasteiger partial charge in [0, 0.05) is 32.2 Å². The molecule has 27 heavy (non-hydrogen) atoms. The number of carbonyl (C=O) groups excluding carboxylic acids is 1. The van der Waals surface area contributed by atoms with E-state index < -0.39 is 10.9 Å². The predicted molar refractivity (Wildman–Crippen MR) is 109 cm³/mol. The highest BCUT2D eigenvalue weighted by Gasteiger charge is 2.22. The zero-order chi connectivity index (χ0) is 20.7. The third kappa shape index (κ3) is 8.54. The molecule has 0 atom stereocenters. The molecule has 0 saturated carbocycles. The number of carbonyl (C=O) groups is 1. The predicted octanol–water partition coefficient (Wildman–Crippen LogP) is 2.95. The average Bonchev–Trinajstić information content (AvgIpc) is 2.70. The van der Waals surface area contributed by atoms with Gasteiger partial charge < -0.3 is 20.3 Å². The highest BCUT2D eigenvalue weighted by Crippen LogP contribution is 2.29. The number of nitrogens with one attached hydrogen (secondary N) is 2. The van der Waals surface area contributed by atoms with Crippen molar-refractivity contribution in [2.75, 3.05) is 44.7 Å². The third-order valence-electron chi connectivity index (χ3n) is 3.64. The van der Waals surface area contributed by atoms with Gasteiger partial charge in [-0.1, -0.05) is 27.4 Å². The van der Waals surface area contributed by atoms with Crippen molar-refractivity contribution < 1.29 is 14.5 Å². The van der Waals surface area contributed by atoms with Gasteiger partial charge in [0.2, 0.25) is 0 Å². The fraction of sp³-hybridized carbons (Fsp3) is 0.526. The number of ether oxygens (including phenoxy) is 1. The fourth-order valence-electron chi connectivity index (χ4n) is 2.40. The van der Waals surface area contributed by atoms with Gasteiger partial charge in [0.25, 0.3) is 5.69 Å². The molecule has 1 aromatic rings. The molecule has 0 aliphatic rings. The van der Waals surface area contributed by atoms with E-state index in [1.165, 1.54) is 13.2 Å². The minimum absolute atomic E-state index is 0.101. The third-order valence-corrected chi connectivity index (χ3v) is 3.64. The molecule has 0 unspecified atom stereocenters. The van der Waals surface area contributed by atoms with Crippen LogP contribution in [0.5, 0.6) is 0 Å². The summed E-state index contributed by atoms with van der Waals surface area (Å²) in [7, 11) is 1.25. The maximum atomic E-state index is 11.6. The van der Waals surface area contributed by atoms with Crippen molar-refractivity contribution in [1.82, 2.24) is 10.6 Å². The number of nitro benzene ring substituents is 1. The minimum atomic E-state index is -0.593. The topological polar surface area (TPSA) is 96.7 Å². The Kier molecular flexibility index (Phi) is 13.1. The number of methoxy groups -OCH3 is 1. The molecule has 0 radical (unpaired) electrons. The number of nitrogens with zero attached hydrogens (tertiary/aromatic N) is 2. The Labute approximate surface area is 161 Å². The van der Waals surface area contributed by atoms with Crippen molar-refractivity contribution in [3.8, 4) is 0 Å². The Morgan fingerprint density at radius 2 is 2.04 bits per heavy atom. The summed E-state index contributed by atoms with van der Waals surface area (Å²) in [6, 6.07) is 4.43. The summed E-state index contributed by atoms with van der Waals surface area (Å²) in [4.78, 5) is 24.6. The Bertz CT molecular complexity index is 593. The maximum absolute atomic E-state index is 11.6. The summed E-state index contributed by atoms with van der Waals surface area (Å²) in [5.41, 5.74) is 0.558. The number of likely N-dealkylation sites (N-methyl/N-ethyl adjacent to an activating group) is 1. The molecule has 0 aliphatic heterocycles. The van der Waals surface area contributed by atoms with Crippen LogP contribution in [0.1, 0.15) is 37.6 Å². The molecule has 0 amide bonds. The van der Waals surface area contributed by atoms with Gasteiger partial charge in [0.15, 0.2) is 0 Å². The first-order chi connectivity index (χ1) is 13.0. The molecule has 8 heteroatoms. The zero-order valence-electron chi connectivity index (χ0n) is 16.8. The van der Waals surface area contributed by atoms with Gasteiger partial charge in [-0.25, -0.2) is 4.79 Å². The van der Waals surface area contributed by atoms with Crippen molar-refractivity contribution in [2.24, 2.45) is 0 Å². The van der Waals surface area contributed by atoms with Crippen LogP contribution in [0, 0.1) is 10.1 Å². The number of rotatable bonds is 12. The van der Waals surface area contributed by atoms with Crippen molar-refractivity contribution in [1.29, 1.82) is 0 Å². The second kappa shape index (κ2) is 14.5. The van der Waals surface area contributed by atoms with E-state index in [1.807, 2.05) is 25.7 Å². The lowest BCUT2D eigenvalue weighted by Crippen LogP contribution is -2.34. The first-order valence-electron chi connectivity index (χ1n) is 9.21. The molecule has 0 bridgehead atoms. The molecule has 0 fully saturated rings. The van der Waals surface area contributed by atoms with Crippen LogP contribution >= 0.6 is 0 Å². The van der Waals surface area contributed by atoms with E-state index in [2.05, 4.69) is 21.9 Å². The van der Waals surface area contributed by atoms with Gasteiger partial charge in [0.05, 0.1) is 17.6 Å². The summed E-state index contributed by atoms with van der Waals surface area (Å²) in [5.74, 6) is -0.593. The minimum Gasteiger partial charge on any atom is -0.465 e. The number of anilines is 1. The SMILES string of the molecule is C=CNCCCN(CCNCC)c1ccc(C(=O)OC)cc1[N+](=O)[O-].CC. The van der Waals surface area contributed by atoms with Gasteiger partial charge >= 0.3 is 5.97 Å². The molecule has 0 aromatic heterocycles. The standard InChI is InChI=1S/C17H26N4O4.C2H6/c1-4-18-9-6-11-20(12-10-19-5-2)15-8-7-14(17(22)25-3)13-16(15)21(23)24;1-2/h4,7-8,13,18-19H,1,5-6,9-12H2,2-3H3;1-2H3. The molecule has 1 aromatic carbocycles. The summed E-state index contributed by atoms with van der Waals surface area (Å²) < 4.78 is 4.64. The summed E-state index contributed by atoms with van der Waals surface area (Å²) in [5, 5.41) is 17.7. The molecule has 2 N–H and O–H groups in total. The van der Waals surface area contributed by atoms with E-state index in [0.29, 0.717) is 25.3 Å². The molecular formula is C19H32N4O4. The Balaban J connectivity index is 0.00000326. The summed E-state index contributed by atoms with van der Waals surface area (Å²) in [6.45, 7) is 13.1. The van der Waals surface area contributed by atoms with E-state index in [-0.39, 0.29) is 11.3 Å². The summed E-state index contributed by atoms with van der Waals surface area (Å²) >= 11 is 0. The summed E-state index contributed by atoms with van der Waals surface area (Å²) in [6.07, 6.45) is 2.42. The smallest absolute Gasteiger partial charge is 0.338 e. The Morgan fingerprint density at radius 3 is 2.59 bits per heavy atom. The van der Waals surface area contributed by atoms with Crippen LogP contribution < -0.4 is 15.5 Å². The Hall–Kier alpha value is -2.61. The van der Waals surface area contributed by atoms with Crippen LogP contribution in [0.4, 0.5) is 11.4 Å². The highest BCUT2D eigenvalue weighted by atomic mass is 16.6. The van der Waals surface area contributed by atoms with Gasteiger partial charge in [0.1, 0.15) is 5.69 Å². The van der Waals surface area contributed by atoms with Crippen LogP contribution in [0.2, 0.25) is 0 Å². The van der Waals surface area contributed by atoms with E-state index >= 15 is 0 Å². The van der Waals surface area contributed by atoms with Crippen molar-refractivity contribution in [3.63, 3.8) is 0 Å². The molecule has 0 spiro atoms. The maximum Gasteiger partial charge on any atom is 0.338 e. The molecule has 0 heterocycles. The largest absolute Gasteiger partial charge is 0.465 e. The zero-order valence-corrected chi connectivity index (χ0v) is 16.8. The quantitative estimate of drug-likeness (QED) is 0.249. The number of esters is 1. The molecule has 0 aliphatic carbocycles. The van der Waals surface area contributed by atoms with E-state index in [9.17, 15) is 14.9 Å². The van der Waals surface area contributed by atoms with Crippen molar-refractivity contribution in [3.05, 3.63) is 46.7 Å². The lowest BCUT2D eigenvalue weighted by molar-refractivity contribution is -0.384. The lowest BCUT2D eigenvalue weighted by atomic mass is 10.1. The highest BCUT2D eigenvalue weighted by molar-refractivity contribution is 5.91. The van der Waals surface area contributed by atoms with Gasteiger partial charge in [-0.2, -0.15) is 0 Å².